The summed E-state index contributed by atoms with van der Waals surface area (Å²) in [7, 11) is 0. The molecule has 0 aliphatic rings. The molecule has 4 nitrogen and oxygen atoms in total. The van der Waals surface area contributed by atoms with Gasteiger partial charge in [0.05, 0.1) is 26.4 Å². The number of rotatable bonds is 8. The summed E-state index contributed by atoms with van der Waals surface area (Å²) in [6.07, 6.45) is 4.02. The standard InChI is InChI=1S/C9H20O2.C8H10O2/c1-3-5-6-9(4-2,7-10)8-11;9-5-7-1-2-8(6-10)4-3-7/h10-11H,3-8H2,1-2H3;1-4,9-10H,5-6H2. The average molecular weight is 298 g/mol. The van der Waals surface area contributed by atoms with Crippen molar-refractivity contribution in [3.8, 4) is 0 Å². The molecule has 1 aromatic carbocycles. The fourth-order valence-corrected chi connectivity index (χ4v) is 1.91. The van der Waals surface area contributed by atoms with E-state index in [4.69, 9.17) is 20.4 Å². The molecule has 0 heterocycles. The second kappa shape index (κ2) is 11.7. The Morgan fingerprint density at radius 3 is 1.48 bits per heavy atom. The fraction of sp³-hybridized carbons (Fsp3) is 0.647. The molecule has 0 aliphatic heterocycles. The van der Waals surface area contributed by atoms with Gasteiger partial charge in [-0.2, -0.15) is 0 Å². The highest BCUT2D eigenvalue weighted by atomic mass is 16.3. The molecule has 0 saturated carbocycles. The van der Waals surface area contributed by atoms with E-state index < -0.39 is 0 Å². The minimum atomic E-state index is -0.212. The highest BCUT2D eigenvalue weighted by Crippen LogP contribution is 2.27. The van der Waals surface area contributed by atoms with Crippen molar-refractivity contribution in [1.29, 1.82) is 0 Å². The molecule has 0 amide bonds. The van der Waals surface area contributed by atoms with E-state index in [0.717, 1.165) is 36.8 Å². The zero-order valence-electron chi connectivity index (χ0n) is 13.3. The monoisotopic (exact) mass is 298 g/mol. The van der Waals surface area contributed by atoms with Gasteiger partial charge in [-0.15, -0.1) is 0 Å². The minimum Gasteiger partial charge on any atom is -0.396 e. The summed E-state index contributed by atoms with van der Waals surface area (Å²) in [5.41, 5.74) is 1.53. The quantitative estimate of drug-likeness (QED) is 0.593. The summed E-state index contributed by atoms with van der Waals surface area (Å²) in [5, 5.41) is 35.4. The number of hydrogen-bond acceptors (Lipinski definition) is 4. The maximum atomic E-state index is 9.04. The van der Waals surface area contributed by atoms with Crippen LogP contribution in [0.1, 0.15) is 50.7 Å². The molecular formula is C17H30O4. The zero-order valence-corrected chi connectivity index (χ0v) is 13.3. The van der Waals surface area contributed by atoms with Gasteiger partial charge < -0.3 is 20.4 Å². The molecular weight excluding hydrogens is 268 g/mol. The third kappa shape index (κ3) is 7.58. The first-order chi connectivity index (χ1) is 10.1. The van der Waals surface area contributed by atoms with Crippen LogP contribution in [0.3, 0.4) is 0 Å². The lowest BCUT2D eigenvalue weighted by molar-refractivity contribution is 0.0420. The summed E-state index contributed by atoms with van der Waals surface area (Å²) in [4.78, 5) is 0. The Bertz CT molecular complexity index is 313. The van der Waals surface area contributed by atoms with Crippen molar-refractivity contribution in [2.45, 2.75) is 52.7 Å². The van der Waals surface area contributed by atoms with E-state index in [0.29, 0.717) is 0 Å². The molecule has 1 rings (SSSR count). The van der Waals surface area contributed by atoms with Crippen LogP contribution in [-0.4, -0.2) is 33.6 Å². The SMILES string of the molecule is CCCCC(CC)(CO)CO.OCc1ccc(CO)cc1. The summed E-state index contributed by atoms with van der Waals surface area (Å²) in [5.74, 6) is 0. The molecule has 0 saturated heterocycles. The van der Waals surface area contributed by atoms with Crippen molar-refractivity contribution >= 4 is 0 Å². The van der Waals surface area contributed by atoms with Gasteiger partial charge in [-0.1, -0.05) is 51.0 Å². The normalized spacial score (nSPS) is 11.0. The predicted octanol–water partition coefficient (Wildman–Crippen LogP) is 2.23. The first-order valence-electron chi connectivity index (χ1n) is 7.62. The molecule has 0 aromatic heterocycles. The van der Waals surface area contributed by atoms with Gasteiger partial charge in [0.1, 0.15) is 0 Å². The topological polar surface area (TPSA) is 80.9 Å². The molecule has 1 aromatic rings. The molecule has 0 fully saturated rings. The number of unbranched alkanes of at least 4 members (excludes halogenated alkanes) is 1. The van der Waals surface area contributed by atoms with Crippen molar-refractivity contribution in [2.24, 2.45) is 5.41 Å². The minimum absolute atomic E-state index is 0.0612. The second-order valence-electron chi connectivity index (χ2n) is 5.41. The van der Waals surface area contributed by atoms with E-state index in [1.54, 1.807) is 24.3 Å². The van der Waals surface area contributed by atoms with Crippen LogP contribution in [0.4, 0.5) is 0 Å². The molecule has 0 aliphatic carbocycles. The molecule has 0 unspecified atom stereocenters. The van der Waals surface area contributed by atoms with Crippen LogP contribution >= 0.6 is 0 Å². The fourth-order valence-electron chi connectivity index (χ4n) is 1.91. The molecule has 21 heavy (non-hydrogen) atoms. The lowest BCUT2D eigenvalue weighted by atomic mass is 9.82. The Kier molecular flexibility index (Phi) is 11.2. The Morgan fingerprint density at radius 1 is 0.810 bits per heavy atom. The van der Waals surface area contributed by atoms with Crippen molar-refractivity contribution in [3.05, 3.63) is 35.4 Å². The molecule has 122 valence electrons. The smallest absolute Gasteiger partial charge is 0.0681 e. The number of aliphatic hydroxyl groups excluding tert-OH is 4. The second-order valence-corrected chi connectivity index (χ2v) is 5.41. The summed E-state index contributed by atoms with van der Waals surface area (Å²) < 4.78 is 0. The Labute approximate surface area is 128 Å². The van der Waals surface area contributed by atoms with Crippen LogP contribution < -0.4 is 0 Å². The van der Waals surface area contributed by atoms with Crippen molar-refractivity contribution in [1.82, 2.24) is 0 Å². The Morgan fingerprint density at radius 2 is 1.24 bits per heavy atom. The first kappa shape index (κ1) is 20.1. The molecule has 0 radical (unpaired) electrons. The zero-order chi connectivity index (χ0) is 16.1. The van der Waals surface area contributed by atoms with Gasteiger partial charge in [0, 0.05) is 5.41 Å². The lowest BCUT2D eigenvalue weighted by Gasteiger charge is -2.27. The van der Waals surface area contributed by atoms with Gasteiger partial charge in [0.15, 0.2) is 0 Å². The van der Waals surface area contributed by atoms with E-state index in [1.165, 1.54) is 0 Å². The third-order valence-corrected chi connectivity index (χ3v) is 3.87. The third-order valence-electron chi connectivity index (χ3n) is 3.87. The number of hydrogen-bond donors (Lipinski definition) is 4. The number of aliphatic hydroxyl groups is 4. The van der Waals surface area contributed by atoms with E-state index in [1.807, 2.05) is 6.92 Å². The van der Waals surface area contributed by atoms with Crippen LogP contribution in [-0.2, 0) is 13.2 Å². The van der Waals surface area contributed by atoms with Crippen molar-refractivity contribution < 1.29 is 20.4 Å². The molecule has 0 atom stereocenters. The number of benzene rings is 1. The highest BCUT2D eigenvalue weighted by molar-refractivity contribution is 5.21. The Hall–Kier alpha value is -0.940. The average Bonchev–Trinajstić information content (AvgIpc) is 2.57. The Balaban J connectivity index is 0.000000382. The van der Waals surface area contributed by atoms with Gasteiger partial charge >= 0.3 is 0 Å². The van der Waals surface area contributed by atoms with E-state index in [9.17, 15) is 0 Å². The van der Waals surface area contributed by atoms with Crippen molar-refractivity contribution in [3.63, 3.8) is 0 Å². The summed E-state index contributed by atoms with van der Waals surface area (Å²) in [6.45, 7) is 4.48. The maximum absolute atomic E-state index is 9.04. The van der Waals surface area contributed by atoms with E-state index >= 15 is 0 Å². The molecule has 4 heteroatoms. The summed E-state index contributed by atoms with van der Waals surface area (Å²) >= 11 is 0. The van der Waals surface area contributed by atoms with Crippen LogP contribution in [0.15, 0.2) is 24.3 Å². The van der Waals surface area contributed by atoms with Crippen LogP contribution in [0, 0.1) is 5.41 Å². The van der Waals surface area contributed by atoms with Crippen LogP contribution in [0.2, 0.25) is 0 Å². The predicted molar refractivity (Wildman–Crippen MR) is 84.7 cm³/mol. The van der Waals surface area contributed by atoms with Gasteiger partial charge in [0.25, 0.3) is 0 Å². The van der Waals surface area contributed by atoms with Crippen LogP contribution in [0.25, 0.3) is 0 Å². The largest absolute Gasteiger partial charge is 0.396 e. The molecule has 4 N–H and O–H groups in total. The molecule has 0 bridgehead atoms. The van der Waals surface area contributed by atoms with Crippen LogP contribution in [0.5, 0.6) is 0 Å². The first-order valence-corrected chi connectivity index (χ1v) is 7.62. The van der Waals surface area contributed by atoms with Gasteiger partial charge in [-0.25, -0.2) is 0 Å². The highest BCUT2D eigenvalue weighted by Gasteiger charge is 2.25. The summed E-state index contributed by atoms with van der Waals surface area (Å²) in [6, 6.07) is 7.19. The lowest BCUT2D eigenvalue weighted by Crippen LogP contribution is -2.28. The van der Waals surface area contributed by atoms with Crippen molar-refractivity contribution in [2.75, 3.05) is 13.2 Å². The van der Waals surface area contributed by atoms with Gasteiger partial charge in [-0.05, 0) is 24.0 Å². The van der Waals surface area contributed by atoms with E-state index in [2.05, 4.69) is 6.92 Å². The van der Waals surface area contributed by atoms with Gasteiger partial charge in [-0.3, -0.25) is 0 Å². The maximum Gasteiger partial charge on any atom is 0.0681 e. The van der Waals surface area contributed by atoms with E-state index in [-0.39, 0.29) is 31.8 Å². The molecule has 0 spiro atoms. The van der Waals surface area contributed by atoms with Gasteiger partial charge in [0.2, 0.25) is 0 Å².